The molecule has 0 saturated heterocycles. The van der Waals surface area contributed by atoms with Crippen LogP contribution in [0.25, 0.3) is 0 Å². The minimum Gasteiger partial charge on any atom is -0.358 e. The topological polar surface area (TPSA) is 59.0 Å². The van der Waals surface area contributed by atoms with Crippen molar-refractivity contribution < 1.29 is 4.79 Å². The van der Waals surface area contributed by atoms with E-state index in [0.717, 1.165) is 17.7 Å². The van der Waals surface area contributed by atoms with Crippen molar-refractivity contribution in [2.45, 2.75) is 33.0 Å². The summed E-state index contributed by atoms with van der Waals surface area (Å²) < 4.78 is 1.70. The summed E-state index contributed by atoms with van der Waals surface area (Å²) in [5.41, 5.74) is 3.73. The average Bonchev–Trinajstić information content (AvgIpc) is 2.91. The second-order valence-corrected chi connectivity index (χ2v) is 4.87. The van der Waals surface area contributed by atoms with Gasteiger partial charge >= 0.3 is 0 Å². The lowest BCUT2D eigenvalue weighted by molar-refractivity contribution is 0.0924. The summed E-state index contributed by atoms with van der Waals surface area (Å²) in [5, 5.41) is 10.5. The van der Waals surface area contributed by atoms with E-state index in [1.165, 1.54) is 5.56 Å². The highest BCUT2D eigenvalue weighted by Crippen LogP contribution is 2.26. The van der Waals surface area contributed by atoms with Gasteiger partial charge in [0.1, 0.15) is 11.9 Å². The average molecular weight is 270 g/mol. The largest absolute Gasteiger partial charge is 0.358 e. The zero-order valence-electron chi connectivity index (χ0n) is 11.7. The Labute approximate surface area is 118 Å². The third-order valence-corrected chi connectivity index (χ3v) is 3.65. The van der Waals surface area contributed by atoms with Crippen LogP contribution in [-0.4, -0.2) is 15.7 Å². The molecule has 2 N–H and O–H groups in total. The van der Waals surface area contributed by atoms with Gasteiger partial charge in [-0.05, 0) is 24.5 Å². The summed E-state index contributed by atoms with van der Waals surface area (Å²) in [5.74, 6) is -0.0809. The molecule has 5 nitrogen and oxygen atoms in total. The van der Waals surface area contributed by atoms with Gasteiger partial charge in [0.15, 0.2) is 0 Å². The number of aromatic nitrogens is 2. The number of nitrogens with one attached hydrogen (secondary N) is 2. The molecule has 1 amide bonds. The van der Waals surface area contributed by atoms with Gasteiger partial charge in [0.2, 0.25) is 0 Å². The first-order valence-corrected chi connectivity index (χ1v) is 6.95. The summed E-state index contributed by atoms with van der Waals surface area (Å²) in [6, 6.07) is 8.28. The van der Waals surface area contributed by atoms with Crippen LogP contribution < -0.4 is 10.6 Å². The Hall–Kier alpha value is -2.30. The van der Waals surface area contributed by atoms with Crippen LogP contribution in [0.2, 0.25) is 0 Å². The molecule has 0 bridgehead atoms. The standard InChI is InChI=1S/C15H18N4O/c1-3-10-5-7-11(8-6-10)14-17-12-9-16-19(4-2)13(12)15(20)18-14/h5-9,14,17H,3-4H2,1-2H3,(H,18,20)/t14-/m1/s1. The summed E-state index contributed by atoms with van der Waals surface area (Å²) in [6.07, 6.45) is 2.53. The number of anilines is 1. The van der Waals surface area contributed by atoms with Crippen LogP contribution in [-0.2, 0) is 13.0 Å². The highest BCUT2D eigenvalue weighted by Gasteiger charge is 2.28. The van der Waals surface area contributed by atoms with Crippen LogP contribution in [0, 0.1) is 0 Å². The third kappa shape index (κ3) is 2.05. The maximum absolute atomic E-state index is 12.2. The second kappa shape index (κ2) is 5.00. The van der Waals surface area contributed by atoms with Gasteiger partial charge < -0.3 is 10.6 Å². The quantitative estimate of drug-likeness (QED) is 0.900. The number of fused-ring (bicyclic) bond motifs is 1. The van der Waals surface area contributed by atoms with Gasteiger partial charge in [0.05, 0.1) is 11.9 Å². The molecule has 1 aliphatic rings. The molecule has 1 aliphatic heterocycles. The Morgan fingerprint density at radius 3 is 2.60 bits per heavy atom. The van der Waals surface area contributed by atoms with Crippen molar-refractivity contribution in [2.75, 3.05) is 5.32 Å². The second-order valence-electron chi connectivity index (χ2n) is 4.87. The minimum absolute atomic E-state index is 0.0809. The Kier molecular flexibility index (Phi) is 3.18. The number of nitrogens with zero attached hydrogens (tertiary/aromatic N) is 2. The first kappa shape index (κ1) is 12.7. The van der Waals surface area contributed by atoms with E-state index >= 15 is 0 Å². The molecule has 0 spiro atoms. The van der Waals surface area contributed by atoms with Crippen LogP contribution in [0.1, 0.15) is 41.6 Å². The zero-order valence-corrected chi connectivity index (χ0v) is 11.7. The van der Waals surface area contributed by atoms with Crippen molar-refractivity contribution >= 4 is 11.6 Å². The monoisotopic (exact) mass is 270 g/mol. The number of aryl methyl sites for hydroxylation is 2. The number of hydrogen-bond acceptors (Lipinski definition) is 3. The molecule has 104 valence electrons. The van der Waals surface area contributed by atoms with E-state index in [1.54, 1.807) is 10.9 Å². The fraction of sp³-hybridized carbons (Fsp3) is 0.333. The van der Waals surface area contributed by atoms with E-state index < -0.39 is 0 Å². The van der Waals surface area contributed by atoms with Gasteiger partial charge in [0, 0.05) is 6.54 Å². The molecule has 3 rings (SSSR count). The Morgan fingerprint density at radius 2 is 1.95 bits per heavy atom. The predicted molar refractivity (Wildman–Crippen MR) is 77.6 cm³/mol. The summed E-state index contributed by atoms with van der Waals surface area (Å²) in [7, 11) is 0. The number of carbonyl (C=O) groups excluding carboxylic acids is 1. The number of benzene rings is 1. The van der Waals surface area contributed by atoms with E-state index in [0.29, 0.717) is 12.2 Å². The van der Waals surface area contributed by atoms with Crippen molar-refractivity contribution in [1.82, 2.24) is 15.1 Å². The lowest BCUT2D eigenvalue weighted by Gasteiger charge is -2.26. The molecular weight excluding hydrogens is 252 g/mol. The molecule has 0 radical (unpaired) electrons. The summed E-state index contributed by atoms with van der Waals surface area (Å²) >= 11 is 0. The van der Waals surface area contributed by atoms with Crippen LogP contribution in [0.3, 0.4) is 0 Å². The molecule has 1 atom stereocenters. The van der Waals surface area contributed by atoms with Crippen LogP contribution >= 0.6 is 0 Å². The molecule has 5 heteroatoms. The minimum atomic E-state index is -0.199. The lowest BCUT2D eigenvalue weighted by Crippen LogP contribution is -2.39. The Morgan fingerprint density at radius 1 is 1.20 bits per heavy atom. The summed E-state index contributed by atoms with van der Waals surface area (Å²) in [4.78, 5) is 12.2. The fourth-order valence-corrected chi connectivity index (χ4v) is 2.47. The van der Waals surface area contributed by atoms with Crippen molar-refractivity contribution in [3.8, 4) is 0 Å². The van der Waals surface area contributed by atoms with E-state index in [4.69, 9.17) is 0 Å². The Balaban J connectivity index is 1.89. The molecule has 1 aromatic heterocycles. The highest BCUT2D eigenvalue weighted by molar-refractivity contribution is 6.00. The lowest BCUT2D eigenvalue weighted by atomic mass is 10.1. The van der Waals surface area contributed by atoms with Gasteiger partial charge in [-0.25, -0.2) is 0 Å². The molecule has 0 fully saturated rings. The number of carbonyl (C=O) groups is 1. The van der Waals surface area contributed by atoms with Crippen LogP contribution in [0.5, 0.6) is 0 Å². The summed E-state index contributed by atoms with van der Waals surface area (Å²) in [6.45, 7) is 4.78. The van der Waals surface area contributed by atoms with E-state index in [9.17, 15) is 4.79 Å². The zero-order chi connectivity index (χ0) is 14.1. The maximum Gasteiger partial charge on any atom is 0.273 e. The normalized spacial score (nSPS) is 17.3. The van der Waals surface area contributed by atoms with Crippen molar-refractivity contribution in [3.63, 3.8) is 0 Å². The van der Waals surface area contributed by atoms with Crippen molar-refractivity contribution in [1.29, 1.82) is 0 Å². The van der Waals surface area contributed by atoms with E-state index in [-0.39, 0.29) is 12.1 Å². The van der Waals surface area contributed by atoms with Gasteiger partial charge in [-0.15, -0.1) is 0 Å². The molecular formula is C15H18N4O. The highest BCUT2D eigenvalue weighted by atomic mass is 16.2. The van der Waals surface area contributed by atoms with Crippen LogP contribution in [0.15, 0.2) is 30.5 Å². The first-order chi connectivity index (χ1) is 9.72. The predicted octanol–water partition coefficient (Wildman–Crippen LogP) is 2.32. The van der Waals surface area contributed by atoms with E-state index in [1.807, 2.05) is 19.1 Å². The number of amides is 1. The van der Waals surface area contributed by atoms with Gasteiger partial charge in [-0.2, -0.15) is 5.10 Å². The molecule has 2 heterocycles. The van der Waals surface area contributed by atoms with Gasteiger partial charge in [0.25, 0.3) is 5.91 Å². The molecule has 20 heavy (non-hydrogen) atoms. The van der Waals surface area contributed by atoms with Crippen LogP contribution in [0.4, 0.5) is 5.69 Å². The third-order valence-electron chi connectivity index (χ3n) is 3.65. The van der Waals surface area contributed by atoms with Gasteiger partial charge in [-0.3, -0.25) is 9.48 Å². The number of hydrogen-bond donors (Lipinski definition) is 2. The fourth-order valence-electron chi connectivity index (χ4n) is 2.47. The first-order valence-electron chi connectivity index (χ1n) is 6.95. The van der Waals surface area contributed by atoms with Gasteiger partial charge in [-0.1, -0.05) is 31.2 Å². The Bertz CT molecular complexity index is 630. The molecule has 0 unspecified atom stereocenters. The van der Waals surface area contributed by atoms with Crippen molar-refractivity contribution in [2.24, 2.45) is 0 Å². The molecule has 0 aliphatic carbocycles. The van der Waals surface area contributed by atoms with E-state index in [2.05, 4.69) is 34.8 Å². The molecule has 2 aromatic rings. The molecule has 1 aromatic carbocycles. The maximum atomic E-state index is 12.2. The molecule has 0 saturated carbocycles. The number of rotatable bonds is 3. The smallest absolute Gasteiger partial charge is 0.273 e. The SMILES string of the molecule is CCc1ccc([C@H]2NC(=O)c3c(cnn3CC)N2)cc1. The van der Waals surface area contributed by atoms with Crippen molar-refractivity contribution in [3.05, 3.63) is 47.3 Å².